The van der Waals surface area contributed by atoms with Crippen LogP contribution in [0.3, 0.4) is 0 Å². The van der Waals surface area contributed by atoms with Crippen LogP contribution in [-0.4, -0.2) is 57.3 Å². The molecule has 1 atom stereocenters. The van der Waals surface area contributed by atoms with Crippen LogP contribution in [0.2, 0.25) is 0 Å². The molecule has 30 heavy (non-hydrogen) atoms. The van der Waals surface area contributed by atoms with Gasteiger partial charge in [0, 0.05) is 12.2 Å². The van der Waals surface area contributed by atoms with Crippen molar-refractivity contribution in [2.24, 2.45) is 0 Å². The summed E-state index contributed by atoms with van der Waals surface area (Å²) in [5.41, 5.74) is -0.919. The number of halogens is 1. The van der Waals surface area contributed by atoms with Gasteiger partial charge in [-0.15, -0.1) is 0 Å². The molecule has 0 aliphatic carbocycles. The summed E-state index contributed by atoms with van der Waals surface area (Å²) in [5.74, 6) is -3.25. The van der Waals surface area contributed by atoms with Crippen LogP contribution in [-0.2, 0) is 25.7 Å². The molecule has 1 saturated heterocycles. The van der Waals surface area contributed by atoms with E-state index in [9.17, 15) is 23.6 Å². The first kappa shape index (κ1) is 20.7. The number of carbonyl (C=O) groups is 4. The van der Waals surface area contributed by atoms with Gasteiger partial charge < -0.3 is 26.0 Å². The van der Waals surface area contributed by atoms with Gasteiger partial charge in [0.15, 0.2) is 0 Å². The maximum Gasteiger partial charge on any atom is 0.407 e. The zero-order chi connectivity index (χ0) is 21.7. The zero-order valence-electron chi connectivity index (χ0n) is 15.8. The average Bonchev–Trinajstić information content (AvgIpc) is 3.32. The van der Waals surface area contributed by atoms with Gasteiger partial charge in [-0.25, -0.2) is 18.9 Å². The van der Waals surface area contributed by atoms with Gasteiger partial charge in [-0.3, -0.25) is 14.4 Å². The van der Waals surface area contributed by atoms with E-state index < -0.39 is 35.2 Å². The minimum Gasteiger partial charge on any atom is -0.447 e. The molecule has 1 aromatic heterocycles. The van der Waals surface area contributed by atoms with E-state index >= 15 is 0 Å². The summed E-state index contributed by atoms with van der Waals surface area (Å²) in [5, 5.41) is 13.3. The number of anilines is 2. The Bertz CT molecular complexity index is 981. The lowest BCUT2D eigenvalue weighted by atomic mass is 10.1. The maximum atomic E-state index is 14.0. The molecule has 1 fully saturated rings. The van der Waals surface area contributed by atoms with Crippen LogP contribution in [0.4, 0.5) is 20.6 Å². The predicted octanol–water partition coefficient (Wildman–Crippen LogP) is -0.391. The van der Waals surface area contributed by atoms with Gasteiger partial charge in [-0.2, -0.15) is 5.10 Å². The van der Waals surface area contributed by atoms with Crippen LogP contribution < -0.4 is 21.3 Å². The van der Waals surface area contributed by atoms with Gasteiger partial charge in [0.2, 0.25) is 5.91 Å². The number of nitrogens with one attached hydrogen (secondary N) is 4. The Morgan fingerprint density at radius 2 is 2.10 bits per heavy atom. The summed E-state index contributed by atoms with van der Waals surface area (Å²) in [6, 6.07) is 3.44. The Hall–Kier alpha value is -4.03. The van der Waals surface area contributed by atoms with Gasteiger partial charge in [0.1, 0.15) is 31.6 Å². The summed E-state index contributed by atoms with van der Waals surface area (Å²) in [7, 11) is 0. The molecule has 3 rings (SSSR count). The Balaban J connectivity index is 1.56. The first-order valence-electron chi connectivity index (χ1n) is 8.70. The van der Waals surface area contributed by atoms with Gasteiger partial charge in [-0.1, -0.05) is 0 Å². The molecule has 2 heterocycles. The highest BCUT2D eigenvalue weighted by molar-refractivity contribution is 6.39. The molecule has 2 aromatic rings. The van der Waals surface area contributed by atoms with Gasteiger partial charge in [0.25, 0.3) is 0 Å². The lowest BCUT2D eigenvalue weighted by Gasteiger charge is -2.20. The Kier molecular flexibility index (Phi) is 5.90. The number of aromatic nitrogens is 3. The van der Waals surface area contributed by atoms with E-state index in [0.717, 1.165) is 6.07 Å². The number of rotatable bonds is 6. The van der Waals surface area contributed by atoms with Crippen molar-refractivity contribution in [3.63, 3.8) is 0 Å². The lowest BCUT2D eigenvalue weighted by Crippen LogP contribution is -2.51. The lowest BCUT2D eigenvalue weighted by molar-refractivity contribution is -0.136. The maximum absolute atomic E-state index is 14.0. The smallest absolute Gasteiger partial charge is 0.407 e. The number of ether oxygens (including phenoxy) is 1. The first-order valence-corrected chi connectivity index (χ1v) is 8.70. The molecule has 0 spiro atoms. The number of hydrogen-bond acceptors (Lipinski definition) is 7. The molecular formula is C17H18FN7O5. The predicted molar refractivity (Wildman–Crippen MR) is 99.6 cm³/mol. The van der Waals surface area contributed by atoms with Crippen molar-refractivity contribution < 1.29 is 28.3 Å². The first-order chi connectivity index (χ1) is 14.2. The fraction of sp³-hybridized carbons (Fsp3) is 0.294. The van der Waals surface area contributed by atoms with Crippen LogP contribution in [0.1, 0.15) is 6.92 Å². The van der Waals surface area contributed by atoms with Crippen molar-refractivity contribution in [1.29, 1.82) is 0 Å². The van der Waals surface area contributed by atoms with Crippen LogP contribution in [0.5, 0.6) is 0 Å². The molecule has 1 aliphatic heterocycles. The highest BCUT2D eigenvalue weighted by Crippen LogP contribution is 2.20. The standard InChI is InChI=1S/C17H18FN7O5/c1-17(7-30-16(29)24-17)6-20-14(27)15(28)22-10-2-3-11(18)12(4-10)23-13(26)5-25-9-19-8-21-25/h2-4,8-9H,5-7H2,1H3,(H,20,27)(H,22,28)(H,23,26)(H,24,29). The summed E-state index contributed by atoms with van der Waals surface area (Å²) in [6.07, 6.45) is 1.97. The summed E-state index contributed by atoms with van der Waals surface area (Å²) in [4.78, 5) is 50.9. The molecule has 1 aliphatic rings. The number of hydrogen-bond donors (Lipinski definition) is 4. The fourth-order valence-corrected chi connectivity index (χ4v) is 2.53. The molecule has 4 N–H and O–H groups in total. The Morgan fingerprint density at radius 1 is 1.30 bits per heavy atom. The van der Waals surface area contributed by atoms with E-state index in [4.69, 9.17) is 4.74 Å². The van der Waals surface area contributed by atoms with Crippen LogP contribution in [0.25, 0.3) is 0 Å². The van der Waals surface area contributed by atoms with Crippen LogP contribution >= 0.6 is 0 Å². The summed E-state index contributed by atoms with van der Waals surface area (Å²) in [6.45, 7) is 1.48. The monoisotopic (exact) mass is 419 g/mol. The van der Waals surface area contributed by atoms with E-state index in [0.29, 0.717) is 0 Å². The van der Waals surface area contributed by atoms with Crippen molar-refractivity contribution >= 4 is 35.2 Å². The highest BCUT2D eigenvalue weighted by atomic mass is 19.1. The molecule has 13 heteroatoms. The second-order valence-electron chi connectivity index (χ2n) is 6.73. The number of alkyl carbamates (subject to hydrolysis) is 1. The normalized spacial score (nSPS) is 17.6. The molecule has 0 saturated carbocycles. The van der Waals surface area contributed by atoms with E-state index in [-0.39, 0.29) is 31.1 Å². The SMILES string of the molecule is CC1(CNC(=O)C(=O)Nc2ccc(F)c(NC(=O)Cn3cncn3)c2)COC(=O)N1. The number of carbonyl (C=O) groups excluding carboxylic acids is 4. The minimum absolute atomic E-state index is 0.0298. The molecule has 4 amide bonds. The van der Waals surface area contributed by atoms with E-state index in [1.807, 2.05) is 0 Å². The second-order valence-corrected chi connectivity index (χ2v) is 6.73. The Morgan fingerprint density at radius 3 is 2.77 bits per heavy atom. The van der Waals surface area contributed by atoms with E-state index in [1.165, 1.54) is 29.5 Å². The quantitative estimate of drug-likeness (QED) is 0.465. The average molecular weight is 419 g/mol. The third-order valence-electron chi connectivity index (χ3n) is 4.04. The van der Waals surface area contributed by atoms with E-state index in [1.54, 1.807) is 6.92 Å². The molecule has 158 valence electrons. The number of nitrogens with zero attached hydrogens (tertiary/aromatic N) is 3. The highest BCUT2D eigenvalue weighted by Gasteiger charge is 2.35. The fourth-order valence-electron chi connectivity index (χ4n) is 2.53. The molecule has 1 aromatic carbocycles. The summed E-state index contributed by atoms with van der Waals surface area (Å²) < 4.78 is 20.0. The van der Waals surface area contributed by atoms with Crippen LogP contribution in [0, 0.1) is 5.82 Å². The third kappa shape index (κ3) is 5.27. The van der Waals surface area contributed by atoms with Gasteiger partial charge in [0.05, 0.1) is 11.2 Å². The van der Waals surface area contributed by atoms with Crippen molar-refractivity contribution in [3.05, 3.63) is 36.7 Å². The minimum atomic E-state index is -1.00. The topological polar surface area (TPSA) is 156 Å². The number of amides is 4. The molecular weight excluding hydrogens is 401 g/mol. The van der Waals surface area contributed by atoms with Crippen molar-refractivity contribution in [3.8, 4) is 0 Å². The largest absolute Gasteiger partial charge is 0.447 e. The summed E-state index contributed by atoms with van der Waals surface area (Å²) >= 11 is 0. The number of cyclic esters (lactones) is 1. The van der Waals surface area contributed by atoms with Gasteiger partial charge >= 0.3 is 17.9 Å². The van der Waals surface area contributed by atoms with Crippen molar-refractivity contribution in [1.82, 2.24) is 25.4 Å². The zero-order valence-corrected chi connectivity index (χ0v) is 15.8. The van der Waals surface area contributed by atoms with Crippen molar-refractivity contribution in [2.45, 2.75) is 19.0 Å². The molecule has 1 unspecified atom stereocenters. The number of benzene rings is 1. The van der Waals surface area contributed by atoms with E-state index in [2.05, 4.69) is 31.3 Å². The third-order valence-corrected chi connectivity index (χ3v) is 4.04. The molecule has 12 nitrogen and oxygen atoms in total. The van der Waals surface area contributed by atoms with Crippen molar-refractivity contribution in [2.75, 3.05) is 23.8 Å². The molecule has 0 bridgehead atoms. The second kappa shape index (κ2) is 8.55. The van der Waals surface area contributed by atoms with Gasteiger partial charge in [-0.05, 0) is 25.1 Å². The molecule has 0 radical (unpaired) electrons. The Labute approximate surface area is 169 Å². The van der Waals surface area contributed by atoms with Crippen LogP contribution in [0.15, 0.2) is 30.9 Å².